The van der Waals surface area contributed by atoms with Gasteiger partial charge in [-0.25, -0.2) is 8.78 Å². The van der Waals surface area contributed by atoms with E-state index in [0.717, 1.165) is 19.3 Å². The second-order valence-corrected chi connectivity index (χ2v) is 4.45. The number of hydrogen-bond acceptors (Lipinski definition) is 1. The van der Waals surface area contributed by atoms with Crippen LogP contribution in [0.1, 0.15) is 65.2 Å². The van der Waals surface area contributed by atoms with Crippen LogP contribution in [0.3, 0.4) is 0 Å². The molecule has 0 aliphatic carbocycles. The molecule has 0 aromatic rings. The van der Waals surface area contributed by atoms with Gasteiger partial charge in [0.25, 0.3) is 6.43 Å². The van der Waals surface area contributed by atoms with Gasteiger partial charge in [-0.15, -0.1) is 0 Å². The molecular weight excluding hydrogens is 208 g/mol. The number of nitrogens with one attached hydrogen (secondary N) is 1. The summed E-state index contributed by atoms with van der Waals surface area (Å²) in [5, 5.41) is 2.92. The Bertz CT molecular complexity index is 140. The van der Waals surface area contributed by atoms with Gasteiger partial charge >= 0.3 is 0 Å². The van der Waals surface area contributed by atoms with Gasteiger partial charge < -0.3 is 5.32 Å². The summed E-state index contributed by atoms with van der Waals surface area (Å²) in [4.78, 5) is 0. The number of hydrogen-bond donors (Lipinski definition) is 1. The van der Waals surface area contributed by atoms with Gasteiger partial charge in [-0.05, 0) is 19.4 Å². The molecule has 3 heteroatoms. The van der Waals surface area contributed by atoms with Crippen LogP contribution in [0.25, 0.3) is 0 Å². The van der Waals surface area contributed by atoms with Crippen LogP contribution in [0.5, 0.6) is 0 Å². The average molecular weight is 235 g/mol. The molecule has 0 rings (SSSR count). The molecular formula is C13H27F2N. The predicted octanol–water partition coefficient (Wildman–Crippen LogP) is 4.37. The lowest BCUT2D eigenvalue weighted by molar-refractivity contribution is 0.0928. The van der Waals surface area contributed by atoms with Crippen LogP contribution in [-0.2, 0) is 0 Å². The SMILES string of the molecule is CCCCCCCCC(NCCC)C(F)F. The molecule has 0 radical (unpaired) electrons. The summed E-state index contributed by atoms with van der Waals surface area (Å²) in [6, 6.07) is -0.592. The molecule has 16 heavy (non-hydrogen) atoms. The Morgan fingerprint density at radius 3 is 2.06 bits per heavy atom. The first-order valence-electron chi connectivity index (χ1n) is 6.73. The summed E-state index contributed by atoms with van der Waals surface area (Å²) in [5.41, 5.74) is 0. The Kier molecular flexibility index (Phi) is 11.2. The Morgan fingerprint density at radius 1 is 0.875 bits per heavy atom. The van der Waals surface area contributed by atoms with Gasteiger partial charge in [0.1, 0.15) is 0 Å². The molecule has 0 saturated heterocycles. The maximum Gasteiger partial charge on any atom is 0.253 e. The first-order valence-corrected chi connectivity index (χ1v) is 6.73. The summed E-state index contributed by atoms with van der Waals surface area (Å²) in [5.74, 6) is 0. The van der Waals surface area contributed by atoms with Crippen LogP contribution in [0.2, 0.25) is 0 Å². The van der Waals surface area contributed by atoms with E-state index in [2.05, 4.69) is 12.2 Å². The quantitative estimate of drug-likeness (QED) is 0.524. The minimum absolute atomic E-state index is 0.592. The van der Waals surface area contributed by atoms with Crippen molar-refractivity contribution in [2.75, 3.05) is 6.54 Å². The van der Waals surface area contributed by atoms with Crippen molar-refractivity contribution in [3.63, 3.8) is 0 Å². The molecule has 1 N–H and O–H groups in total. The zero-order valence-corrected chi connectivity index (χ0v) is 10.8. The Labute approximate surface area is 99.0 Å². The molecule has 1 nitrogen and oxygen atoms in total. The zero-order chi connectivity index (χ0) is 12.2. The van der Waals surface area contributed by atoms with E-state index in [1.165, 1.54) is 25.7 Å². The highest BCUT2D eigenvalue weighted by molar-refractivity contribution is 4.69. The monoisotopic (exact) mass is 235 g/mol. The molecule has 1 atom stereocenters. The van der Waals surface area contributed by atoms with Crippen molar-refractivity contribution >= 4 is 0 Å². The number of halogens is 2. The second kappa shape index (κ2) is 11.3. The third-order valence-corrected chi connectivity index (χ3v) is 2.83. The smallest absolute Gasteiger partial charge is 0.253 e. The lowest BCUT2D eigenvalue weighted by Crippen LogP contribution is -2.36. The maximum absolute atomic E-state index is 12.6. The van der Waals surface area contributed by atoms with E-state index in [9.17, 15) is 8.78 Å². The van der Waals surface area contributed by atoms with Crippen molar-refractivity contribution in [3.8, 4) is 0 Å². The van der Waals surface area contributed by atoms with Crippen LogP contribution >= 0.6 is 0 Å². The highest BCUT2D eigenvalue weighted by atomic mass is 19.3. The van der Waals surface area contributed by atoms with Crippen molar-refractivity contribution in [2.24, 2.45) is 0 Å². The van der Waals surface area contributed by atoms with Crippen LogP contribution < -0.4 is 5.32 Å². The highest BCUT2D eigenvalue weighted by Crippen LogP contribution is 2.12. The molecule has 0 aliphatic heterocycles. The fourth-order valence-electron chi connectivity index (χ4n) is 1.79. The second-order valence-electron chi connectivity index (χ2n) is 4.45. The van der Waals surface area contributed by atoms with Crippen molar-refractivity contribution in [3.05, 3.63) is 0 Å². The lowest BCUT2D eigenvalue weighted by atomic mass is 10.1. The first-order chi connectivity index (χ1) is 7.72. The Hall–Kier alpha value is -0.180. The van der Waals surface area contributed by atoms with E-state index in [1.807, 2.05) is 6.92 Å². The Balaban J connectivity index is 3.44. The van der Waals surface area contributed by atoms with Crippen LogP contribution in [0.4, 0.5) is 8.78 Å². The molecule has 0 fully saturated rings. The van der Waals surface area contributed by atoms with E-state index in [0.29, 0.717) is 13.0 Å². The largest absolute Gasteiger partial charge is 0.309 e. The fraction of sp³-hybridized carbons (Fsp3) is 1.00. The van der Waals surface area contributed by atoms with E-state index in [-0.39, 0.29) is 0 Å². The minimum Gasteiger partial charge on any atom is -0.309 e. The van der Waals surface area contributed by atoms with E-state index in [1.54, 1.807) is 0 Å². The van der Waals surface area contributed by atoms with Gasteiger partial charge in [-0.1, -0.05) is 52.4 Å². The molecule has 0 amide bonds. The molecule has 0 spiro atoms. The summed E-state index contributed by atoms with van der Waals surface area (Å²) < 4.78 is 25.2. The van der Waals surface area contributed by atoms with Crippen molar-refractivity contribution in [1.82, 2.24) is 5.32 Å². The van der Waals surface area contributed by atoms with E-state index >= 15 is 0 Å². The molecule has 1 unspecified atom stereocenters. The molecule has 0 heterocycles. The standard InChI is InChI=1S/C13H27F2N/c1-3-5-6-7-8-9-10-12(13(14)15)16-11-4-2/h12-13,16H,3-11H2,1-2H3. The molecule has 0 aromatic carbocycles. The summed E-state index contributed by atoms with van der Waals surface area (Å²) >= 11 is 0. The lowest BCUT2D eigenvalue weighted by Gasteiger charge is -2.17. The summed E-state index contributed by atoms with van der Waals surface area (Å²) in [6.07, 6.45) is 6.28. The number of rotatable bonds is 11. The van der Waals surface area contributed by atoms with Gasteiger partial charge in [0.15, 0.2) is 0 Å². The van der Waals surface area contributed by atoms with E-state index < -0.39 is 12.5 Å². The first kappa shape index (κ1) is 15.8. The highest BCUT2D eigenvalue weighted by Gasteiger charge is 2.18. The third-order valence-electron chi connectivity index (χ3n) is 2.83. The summed E-state index contributed by atoms with van der Waals surface area (Å²) in [7, 11) is 0. The van der Waals surface area contributed by atoms with Crippen molar-refractivity contribution < 1.29 is 8.78 Å². The predicted molar refractivity (Wildman–Crippen MR) is 66.1 cm³/mol. The van der Waals surface area contributed by atoms with Gasteiger partial charge in [0.05, 0.1) is 6.04 Å². The van der Waals surface area contributed by atoms with Gasteiger partial charge in [-0.2, -0.15) is 0 Å². The normalized spacial score (nSPS) is 13.3. The van der Waals surface area contributed by atoms with Crippen LogP contribution in [-0.4, -0.2) is 19.0 Å². The van der Waals surface area contributed by atoms with Crippen molar-refractivity contribution in [1.29, 1.82) is 0 Å². The molecule has 0 aliphatic rings. The zero-order valence-electron chi connectivity index (χ0n) is 10.8. The minimum atomic E-state index is -2.22. The fourth-order valence-corrected chi connectivity index (χ4v) is 1.79. The number of alkyl halides is 2. The topological polar surface area (TPSA) is 12.0 Å². The van der Waals surface area contributed by atoms with E-state index in [4.69, 9.17) is 0 Å². The number of unbranched alkanes of at least 4 members (excludes halogenated alkanes) is 5. The molecule has 0 aromatic heterocycles. The third kappa shape index (κ3) is 9.08. The van der Waals surface area contributed by atoms with Crippen LogP contribution in [0, 0.1) is 0 Å². The van der Waals surface area contributed by atoms with Crippen LogP contribution in [0.15, 0.2) is 0 Å². The Morgan fingerprint density at radius 2 is 1.50 bits per heavy atom. The van der Waals surface area contributed by atoms with Gasteiger partial charge in [-0.3, -0.25) is 0 Å². The van der Waals surface area contributed by atoms with Gasteiger partial charge in [0, 0.05) is 0 Å². The summed E-state index contributed by atoms with van der Waals surface area (Å²) in [6.45, 7) is 4.88. The van der Waals surface area contributed by atoms with Crippen molar-refractivity contribution in [2.45, 2.75) is 77.7 Å². The molecule has 98 valence electrons. The maximum atomic E-state index is 12.6. The van der Waals surface area contributed by atoms with Gasteiger partial charge in [0.2, 0.25) is 0 Å². The molecule has 0 bridgehead atoms. The average Bonchev–Trinajstić information content (AvgIpc) is 2.26. The molecule has 0 saturated carbocycles.